The Balaban J connectivity index is 0.00000176. The second kappa shape index (κ2) is 8.10. The molecule has 2 aliphatic rings. The van der Waals surface area contributed by atoms with E-state index in [2.05, 4.69) is 10.6 Å². The fourth-order valence-corrected chi connectivity index (χ4v) is 2.10. The van der Waals surface area contributed by atoms with Gasteiger partial charge in [-0.15, -0.1) is 12.4 Å². The van der Waals surface area contributed by atoms with E-state index in [-0.39, 0.29) is 25.1 Å². The Hall–Kier alpha value is -1.66. The van der Waals surface area contributed by atoms with Gasteiger partial charge in [-0.2, -0.15) is 0 Å². The molecule has 1 aromatic rings. The van der Waals surface area contributed by atoms with E-state index in [4.69, 9.17) is 14.2 Å². The summed E-state index contributed by atoms with van der Waals surface area (Å²) in [5.41, 5.74) is 0. The number of benzene rings is 1. The third-order valence-electron chi connectivity index (χ3n) is 3.45. The molecule has 22 heavy (non-hydrogen) atoms. The first-order chi connectivity index (χ1) is 10.3. The van der Waals surface area contributed by atoms with Gasteiger partial charge in [-0.3, -0.25) is 4.79 Å². The molecule has 1 aliphatic carbocycles. The number of carbonyl (C=O) groups excluding carboxylic acids is 1. The monoisotopic (exact) mass is 328 g/mol. The van der Waals surface area contributed by atoms with Crippen molar-refractivity contribution in [2.75, 3.05) is 33.0 Å². The zero-order valence-electron chi connectivity index (χ0n) is 12.3. The summed E-state index contributed by atoms with van der Waals surface area (Å²) in [6.45, 7) is 2.48. The quantitative estimate of drug-likeness (QED) is 0.705. The molecular weight excluding hydrogens is 308 g/mol. The van der Waals surface area contributed by atoms with Gasteiger partial charge in [0.25, 0.3) is 0 Å². The van der Waals surface area contributed by atoms with Crippen LogP contribution in [0.3, 0.4) is 0 Å². The second-order valence-corrected chi connectivity index (χ2v) is 5.29. The fourth-order valence-electron chi connectivity index (χ4n) is 2.10. The van der Waals surface area contributed by atoms with Crippen molar-refractivity contribution in [3.63, 3.8) is 0 Å². The van der Waals surface area contributed by atoms with Gasteiger partial charge in [0.15, 0.2) is 11.5 Å². The van der Waals surface area contributed by atoms with Crippen LogP contribution in [0.15, 0.2) is 18.2 Å². The first-order valence-corrected chi connectivity index (χ1v) is 7.31. The Kier molecular flexibility index (Phi) is 6.15. The molecule has 0 bridgehead atoms. The molecule has 0 saturated heterocycles. The molecule has 6 nitrogen and oxygen atoms in total. The Morgan fingerprint density at radius 1 is 1.27 bits per heavy atom. The van der Waals surface area contributed by atoms with Crippen LogP contribution in [0.1, 0.15) is 12.8 Å². The Bertz CT molecular complexity index is 508. The molecule has 1 saturated carbocycles. The third-order valence-corrected chi connectivity index (χ3v) is 3.45. The van der Waals surface area contributed by atoms with Crippen LogP contribution in [-0.4, -0.2) is 38.9 Å². The van der Waals surface area contributed by atoms with Crippen LogP contribution in [0.4, 0.5) is 0 Å². The summed E-state index contributed by atoms with van der Waals surface area (Å²) in [5.74, 6) is 2.93. The lowest BCUT2D eigenvalue weighted by Crippen LogP contribution is -2.36. The van der Waals surface area contributed by atoms with Crippen molar-refractivity contribution in [3.05, 3.63) is 18.2 Å². The van der Waals surface area contributed by atoms with Crippen molar-refractivity contribution in [2.45, 2.75) is 12.8 Å². The molecule has 3 rings (SSSR count). The van der Waals surface area contributed by atoms with Crippen molar-refractivity contribution >= 4 is 18.3 Å². The fraction of sp³-hybridized carbons (Fsp3) is 0.533. The lowest BCUT2D eigenvalue weighted by atomic mass is 10.3. The van der Waals surface area contributed by atoms with Gasteiger partial charge in [-0.25, -0.2) is 0 Å². The smallest absolute Gasteiger partial charge is 0.234 e. The maximum Gasteiger partial charge on any atom is 0.234 e. The number of hydrogen-bond acceptors (Lipinski definition) is 5. The Morgan fingerprint density at radius 2 is 2.09 bits per heavy atom. The Morgan fingerprint density at radius 3 is 2.91 bits per heavy atom. The van der Waals surface area contributed by atoms with Crippen LogP contribution in [0, 0.1) is 5.92 Å². The van der Waals surface area contributed by atoms with Gasteiger partial charge in [0, 0.05) is 6.07 Å². The summed E-state index contributed by atoms with van der Waals surface area (Å²) < 4.78 is 16.1. The maximum absolute atomic E-state index is 11.5. The number of carbonyl (C=O) groups is 1. The molecule has 1 heterocycles. The first kappa shape index (κ1) is 16.7. The molecule has 2 N–H and O–H groups in total. The van der Waals surface area contributed by atoms with E-state index in [9.17, 15) is 4.79 Å². The average Bonchev–Trinajstić information content (AvgIpc) is 3.19. The van der Waals surface area contributed by atoms with Crippen LogP contribution in [-0.2, 0) is 4.79 Å². The lowest BCUT2D eigenvalue weighted by Gasteiger charge is -2.09. The minimum atomic E-state index is 0. The number of nitrogens with one attached hydrogen (secondary N) is 2. The molecule has 0 unspecified atom stereocenters. The summed E-state index contributed by atoms with van der Waals surface area (Å²) in [7, 11) is 0. The van der Waals surface area contributed by atoms with Gasteiger partial charge in [-0.05, 0) is 37.4 Å². The predicted molar refractivity (Wildman–Crippen MR) is 83.9 cm³/mol. The molecule has 0 aromatic heterocycles. The number of rotatable bonds is 8. The van der Waals surface area contributed by atoms with E-state index < -0.39 is 0 Å². The zero-order valence-corrected chi connectivity index (χ0v) is 13.1. The highest BCUT2D eigenvalue weighted by atomic mass is 35.5. The largest absolute Gasteiger partial charge is 0.492 e. The summed E-state index contributed by atoms with van der Waals surface area (Å²) in [6, 6.07) is 5.44. The first-order valence-electron chi connectivity index (χ1n) is 7.31. The molecule has 0 spiro atoms. The van der Waals surface area contributed by atoms with Crippen LogP contribution in [0.5, 0.6) is 17.2 Å². The minimum Gasteiger partial charge on any atom is -0.492 e. The molecule has 1 aliphatic heterocycles. The molecule has 0 atom stereocenters. The van der Waals surface area contributed by atoms with Gasteiger partial charge >= 0.3 is 0 Å². The number of halogens is 1. The van der Waals surface area contributed by atoms with Crippen molar-refractivity contribution in [1.29, 1.82) is 0 Å². The van der Waals surface area contributed by atoms with Gasteiger partial charge in [0.1, 0.15) is 12.4 Å². The molecule has 0 radical (unpaired) electrons. The summed E-state index contributed by atoms with van der Waals surface area (Å²) in [6.07, 6.45) is 2.58. The van der Waals surface area contributed by atoms with E-state index in [0.717, 1.165) is 18.2 Å². The highest BCUT2D eigenvalue weighted by Gasteiger charge is 2.20. The van der Waals surface area contributed by atoms with Crippen LogP contribution < -0.4 is 24.8 Å². The SMILES string of the molecule is Cl.O=C(CNCC1CC1)NCCOc1ccc2c(c1)OCO2. The maximum atomic E-state index is 11.5. The highest BCUT2D eigenvalue weighted by Crippen LogP contribution is 2.34. The molecular formula is C15H21ClN2O4. The summed E-state index contributed by atoms with van der Waals surface area (Å²) >= 11 is 0. The zero-order chi connectivity index (χ0) is 14.5. The summed E-state index contributed by atoms with van der Waals surface area (Å²) in [4.78, 5) is 11.5. The van der Waals surface area contributed by atoms with Crippen LogP contribution in [0.25, 0.3) is 0 Å². The van der Waals surface area contributed by atoms with Crippen molar-refractivity contribution in [3.8, 4) is 17.2 Å². The van der Waals surface area contributed by atoms with E-state index in [1.807, 2.05) is 12.1 Å². The van der Waals surface area contributed by atoms with E-state index in [0.29, 0.717) is 31.2 Å². The Labute approximate surface area is 135 Å². The van der Waals surface area contributed by atoms with E-state index >= 15 is 0 Å². The third kappa shape index (κ3) is 4.96. The van der Waals surface area contributed by atoms with E-state index in [1.165, 1.54) is 12.8 Å². The number of ether oxygens (including phenoxy) is 3. The van der Waals surface area contributed by atoms with E-state index in [1.54, 1.807) is 6.07 Å². The van der Waals surface area contributed by atoms with Gasteiger partial charge in [0.05, 0.1) is 13.1 Å². The van der Waals surface area contributed by atoms with Crippen LogP contribution >= 0.6 is 12.4 Å². The molecule has 1 amide bonds. The summed E-state index contributed by atoms with van der Waals surface area (Å²) in [5, 5.41) is 5.97. The molecule has 1 fully saturated rings. The second-order valence-electron chi connectivity index (χ2n) is 5.29. The lowest BCUT2D eigenvalue weighted by molar-refractivity contribution is -0.120. The normalized spacial score (nSPS) is 15.1. The number of fused-ring (bicyclic) bond motifs is 1. The highest BCUT2D eigenvalue weighted by molar-refractivity contribution is 5.85. The predicted octanol–water partition coefficient (Wildman–Crippen LogP) is 1.33. The minimum absolute atomic E-state index is 0. The molecule has 122 valence electrons. The van der Waals surface area contributed by atoms with Crippen molar-refractivity contribution in [2.24, 2.45) is 5.92 Å². The average molecular weight is 329 g/mol. The van der Waals surface area contributed by atoms with Gasteiger partial charge in [-0.1, -0.05) is 0 Å². The van der Waals surface area contributed by atoms with Gasteiger partial charge < -0.3 is 24.8 Å². The number of amides is 1. The standard InChI is InChI=1S/C15H20N2O4.ClH/c18-15(9-16-8-11-1-2-11)17-5-6-19-12-3-4-13-14(7-12)21-10-20-13;/h3-4,7,11,16H,1-2,5-6,8-10H2,(H,17,18);1H. The van der Waals surface area contributed by atoms with Crippen molar-refractivity contribution < 1.29 is 19.0 Å². The van der Waals surface area contributed by atoms with Gasteiger partial charge in [0.2, 0.25) is 12.7 Å². The topological polar surface area (TPSA) is 68.8 Å². The van der Waals surface area contributed by atoms with Crippen LogP contribution in [0.2, 0.25) is 0 Å². The molecule has 1 aromatic carbocycles. The van der Waals surface area contributed by atoms with Crippen molar-refractivity contribution in [1.82, 2.24) is 10.6 Å². The molecule has 7 heteroatoms. The number of hydrogen-bond donors (Lipinski definition) is 2.